The molecule has 5 nitrogen and oxygen atoms in total. The minimum absolute atomic E-state index is 0.0748. The molecule has 25 heavy (non-hydrogen) atoms. The van der Waals surface area contributed by atoms with Crippen LogP contribution in [-0.4, -0.2) is 30.3 Å². The first-order valence-corrected chi connectivity index (χ1v) is 9.77. The van der Waals surface area contributed by atoms with Gasteiger partial charge in [-0.1, -0.05) is 53.2 Å². The van der Waals surface area contributed by atoms with Crippen LogP contribution < -0.4 is 0 Å². The fraction of sp³-hybridized carbons (Fsp3) is 0.235. The van der Waals surface area contributed by atoms with Gasteiger partial charge >= 0.3 is 5.97 Å². The molecule has 0 saturated carbocycles. The van der Waals surface area contributed by atoms with E-state index in [4.69, 9.17) is 5.11 Å². The van der Waals surface area contributed by atoms with E-state index in [9.17, 15) is 17.6 Å². The lowest BCUT2D eigenvalue weighted by Gasteiger charge is -2.22. The minimum Gasteiger partial charge on any atom is -0.478 e. The first-order chi connectivity index (χ1) is 11.8. The van der Waals surface area contributed by atoms with Crippen LogP contribution in [0.25, 0.3) is 0 Å². The van der Waals surface area contributed by atoms with E-state index in [1.807, 2.05) is 13.0 Å². The van der Waals surface area contributed by atoms with Gasteiger partial charge in [-0.2, -0.15) is 4.31 Å². The van der Waals surface area contributed by atoms with Crippen LogP contribution in [0.4, 0.5) is 4.39 Å². The second-order valence-electron chi connectivity index (χ2n) is 5.39. The number of hydrogen-bond acceptors (Lipinski definition) is 3. The minimum atomic E-state index is -4.21. The molecule has 8 heteroatoms. The Morgan fingerprint density at radius 2 is 1.88 bits per heavy atom. The van der Waals surface area contributed by atoms with Crippen LogP contribution in [-0.2, 0) is 16.6 Å². The molecule has 0 amide bonds. The van der Waals surface area contributed by atoms with Crippen molar-refractivity contribution in [2.75, 3.05) is 6.54 Å². The smallest absolute Gasteiger partial charge is 0.338 e. The number of carbonyl (C=O) groups is 1. The maximum absolute atomic E-state index is 14.5. The van der Waals surface area contributed by atoms with E-state index in [0.717, 1.165) is 22.0 Å². The highest BCUT2D eigenvalue weighted by Crippen LogP contribution is 2.27. The van der Waals surface area contributed by atoms with Crippen LogP contribution in [0.1, 0.15) is 29.3 Å². The zero-order valence-electron chi connectivity index (χ0n) is 13.4. The number of benzene rings is 2. The van der Waals surface area contributed by atoms with Gasteiger partial charge in [0.05, 0.1) is 5.56 Å². The van der Waals surface area contributed by atoms with E-state index in [-0.39, 0.29) is 17.6 Å². The van der Waals surface area contributed by atoms with Crippen molar-refractivity contribution in [3.63, 3.8) is 0 Å². The molecule has 0 radical (unpaired) electrons. The van der Waals surface area contributed by atoms with Gasteiger partial charge in [0, 0.05) is 17.6 Å². The molecule has 0 saturated heterocycles. The molecule has 134 valence electrons. The summed E-state index contributed by atoms with van der Waals surface area (Å²) in [4.78, 5) is 10.5. The predicted octanol–water partition coefficient (Wildman–Crippen LogP) is 3.89. The fourth-order valence-electron chi connectivity index (χ4n) is 2.37. The molecule has 0 fully saturated rings. The summed E-state index contributed by atoms with van der Waals surface area (Å²) < 4.78 is 41.8. The summed E-state index contributed by atoms with van der Waals surface area (Å²) in [5.41, 5.74) is 0.0671. The first-order valence-electron chi connectivity index (χ1n) is 7.53. The van der Waals surface area contributed by atoms with Gasteiger partial charge in [-0.05, 0) is 24.1 Å². The normalized spacial score (nSPS) is 11.7. The maximum Gasteiger partial charge on any atom is 0.338 e. The molecular weight excluding hydrogens is 413 g/mol. The molecular formula is C17H17BrFNO4S. The Morgan fingerprint density at radius 3 is 2.44 bits per heavy atom. The summed E-state index contributed by atoms with van der Waals surface area (Å²) in [6, 6.07) is 11.1. The van der Waals surface area contributed by atoms with Gasteiger partial charge in [-0.25, -0.2) is 17.6 Å². The van der Waals surface area contributed by atoms with Crippen molar-refractivity contribution in [3.05, 3.63) is 63.9 Å². The van der Waals surface area contributed by atoms with Gasteiger partial charge in [0.1, 0.15) is 4.90 Å². The summed E-state index contributed by atoms with van der Waals surface area (Å²) in [5.74, 6) is -2.79. The van der Waals surface area contributed by atoms with Crippen LogP contribution in [0.3, 0.4) is 0 Å². The zero-order valence-corrected chi connectivity index (χ0v) is 15.8. The second-order valence-corrected chi connectivity index (χ2v) is 8.22. The Hall–Kier alpha value is -1.77. The van der Waals surface area contributed by atoms with E-state index >= 15 is 0 Å². The second kappa shape index (κ2) is 8.07. The van der Waals surface area contributed by atoms with Crippen LogP contribution >= 0.6 is 15.9 Å². The maximum atomic E-state index is 14.5. The molecule has 0 aliphatic rings. The third-order valence-electron chi connectivity index (χ3n) is 3.53. The zero-order chi connectivity index (χ0) is 18.6. The summed E-state index contributed by atoms with van der Waals surface area (Å²) in [7, 11) is -4.21. The monoisotopic (exact) mass is 429 g/mol. The largest absolute Gasteiger partial charge is 0.478 e. The van der Waals surface area contributed by atoms with Crippen LogP contribution in [0, 0.1) is 5.82 Å². The topological polar surface area (TPSA) is 74.7 Å². The molecule has 0 spiro atoms. The molecule has 2 aromatic rings. The van der Waals surface area contributed by atoms with Crippen molar-refractivity contribution in [2.45, 2.75) is 24.8 Å². The summed E-state index contributed by atoms with van der Waals surface area (Å²) in [6.45, 7) is 2.07. The Labute approximate surface area is 154 Å². The van der Waals surface area contributed by atoms with E-state index in [0.29, 0.717) is 6.42 Å². The lowest BCUT2D eigenvalue weighted by molar-refractivity contribution is 0.0691. The standard InChI is InChI=1S/C17H17BrFNO4S/c1-2-8-20(11-12-6-4-3-5-7-12)25(23,24)15-10-13(18)9-14(16(15)19)17(21)22/h3-7,9-10H,2,8,11H2,1H3,(H,21,22). The quantitative estimate of drug-likeness (QED) is 0.724. The number of halogens is 2. The molecule has 0 bridgehead atoms. The molecule has 0 atom stereocenters. The molecule has 2 aromatic carbocycles. The molecule has 0 aromatic heterocycles. The lowest BCUT2D eigenvalue weighted by atomic mass is 10.2. The third-order valence-corrected chi connectivity index (χ3v) is 5.83. The van der Waals surface area contributed by atoms with Crippen molar-refractivity contribution in [2.24, 2.45) is 0 Å². The molecule has 0 aliphatic heterocycles. The third kappa shape index (κ3) is 4.45. The van der Waals surface area contributed by atoms with Gasteiger partial charge in [-0.15, -0.1) is 0 Å². The van der Waals surface area contributed by atoms with Crippen molar-refractivity contribution in [1.29, 1.82) is 0 Å². The summed E-state index contributed by atoms with van der Waals surface area (Å²) >= 11 is 3.05. The Kier molecular flexibility index (Phi) is 6.31. The number of aromatic carboxylic acids is 1. The number of carboxylic acids is 1. The number of sulfonamides is 1. The van der Waals surface area contributed by atoms with Crippen LogP contribution in [0.15, 0.2) is 51.8 Å². The Morgan fingerprint density at radius 1 is 1.24 bits per heavy atom. The number of hydrogen-bond donors (Lipinski definition) is 1. The molecule has 1 N–H and O–H groups in total. The average molecular weight is 430 g/mol. The lowest BCUT2D eigenvalue weighted by Crippen LogP contribution is -2.32. The molecule has 0 aliphatic carbocycles. The van der Waals surface area contributed by atoms with E-state index < -0.39 is 32.3 Å². The van der Waals surface area contributed by atoms with Gasteiger partial charge in [0.25, 0.3) is 0 Å². The van der Waals surface area contributed by atoms with Crippen LogP contribution in [0.2, 0.25) is 0 Å². The van der Waals surface area contributed by atoms with Gasteiger partial charge < -0.3 is 5.11 Å². The van der Waals surface area contributed by atoms with Crippen molar-refractivity contribution < 1.29 is 22.7 Å². The van der Waals surface area contributed by atoms with Crippen molar-refractivity contribution in [3.8, 4) is 0 Å². The van der Waals surface area contributed by atoms with Gasteiger partial charge in [0.15, 0.2) is 5.82 Å². The highest BCUT2D eigenvalue weighted by atomic mass is 79.9. The molecule has 0 unspecified atom stereocenters. The first kappa shape index (κ1) is 19.6. The highest BCUT2D eigenvalue weighted by molar-refractivity contribution is 9.10. The van der Waals surface area contributed by atoms with Gasteiger partial charge in [-0.3, -0.25) is 0 Å². The van der Waals surface area contributed by atoms with E-state index in [1.54, 1.807) is 24.3 Å². The molecule has 2 rings (SSSR count). The van der Waals surface area contributed by atoms with Crippen molar-refractivity contribution in [1.82, 2.24) is 4.31 Å². The number of carboxylic acid groups (broad SMARTS) is 1. The summed E-state index contributed by atoms with van der Waals surface area (Å²) in [5, 5.41) is 9.09. The summed E-state index contributed by atoms with van der Waals surface area (Å²) in [6.07, 6.45) is 0.535. The van der Waals surface area contributed by atoms with Crippen LogP contribution in [0.5, 0.6) is 0 Å². The Bertz CT molecular complexity index is 872. The fourth-order valence-corrected chi connectivity index (χ4v) is 4.61. The molecule has 0 heterocycles. The van der Waals surface area contributed by atoms with E-state index in [2.05, 4.69) is 15.9 Å². The average Bonchev–Trinajstić information content (AvgIpc) is 2.56. The number of nitrogens with zero attached hydrogens (tertiary/aromatic N) is 1. The van der Waals surface area contributed by atoms with E-state index in [1.165, 1.54) is 0 Å². The van der Waals surface area contributed by atoms with Crippen molar-refractivity contribution >= 4 is 31.9 Å². The number of rotatable bonds is 7. The van der Waals surface area contributed by atoms with Gasteiger partial charge in [0.2, 0.25) is 10.0 Å². The Balaban J connectivity index is 2.52. The SMILES string of the molecule is CCCN(Cc1ccccc1)S(=O)(=O)c1cc(Br)cc(C(=O)O)c1F. The predicted molar refractivity (Wildman–Crippen MR) is 95.4 cm³/mol. The highest BCUT2D eigenvalue weighted by Gasteiger charge is 2.30.